The number of sulfonamides is 1. The number of carbonyl (C=O) groups is 1. The van der Waals surface area contributed by atoms with Gasteiger partial charge in [-0.1, -0.05) is 6.07 Å². The zero-order valence-corrected chi connectivity index (χ0v) is 20.3. The number of hydrogen-bond acceptors (Lipinski definition) is 7. The molecule has 3 aromatic carbocycles. The fraction of sp³-hybridized carbons (Fsp3) is 0.208. The molecule has 0 aromatic heterocycles. The Labute approximate surface area is 198 Å². The summed E-state index contributed by atoms with van der Waals surface area (Å²) in [5, 5.41) is 2.72. The van der Waals surface area contributed by atoms with E-state index in [4.69, 9.17) is 18.9 Å². The molecule has 0 saturated carbocycles. The first-order valence-electron chi connectivity index (χ1n) is 10.1. The summed E-state index contributed by atoms with van der Waals surface area (Å²) in [7, 11) is 1.97. The van der Waals surface area contributed by atoms with Crippen molar-refractivity contribution in [3.63, 3.8) is 0 Å². The van der Waals surface area contributed by atoms with Gasteiger partial charge in [0.15, 0.2) is 11.5 Å². The number of anilines is 2. The zero-order chi connectivity index (χ0) is 24.9. The van der Waals surface area contributed by atoms with Crippen LogP contribution in [-0.2, 0) is 10.0 Å². The lowest BCUT2D eigenvalue weighted by Crippen LogP contribution is -2.17. The lowest BCUT2D eigenvalue weighted by atomic mass is 10.1. The first-order valence-corrected chi connectivity index (χ1v) is 11.6. The molecule has 34 heavy (non-hydrogen) atoms. The minimum Gasteiger partial charge on any atom is -0.497 e. The van der Waals surface area contributed by atoms with Gasteiger partial charge in [0.2, 0.25) is 0 Å². The van der Waals surface area contributed by atoms with Gasteiger partial charge >= 0.3 is 0 Å². The molecule has 10 heteroatoms. The van der Waals surface area contributed by atoms with E-state index in [1.165, 1.54) is 46.6 Å². The molecule has 3 aromatic rings. The van der Waals surface area contributed by atoms with Gasteiger partial charge in [0.05, 0.1) is 38.9 Å². The highest BCUT2D eigenvalue weighted by Gasteiger charge is 2.21. The molecule has 0 aliphatic carbocycles. The van der Waals surface area contributed by atoms with E-state index in [-0.39, 0.29) is 16.2 Å². The topological polar surface area (TPSA) is 112 Å². The monoisotopic (exact) mass is 486 g/mol. The number of nitrogens with one attached hydrogen (secondary N) is 2. The first-order chi connectivity index (χ1) is 16.2. The Bertz CT molecular complexity index is 1290. The Balaban J connectivity index is 1.89. The highest BCUT2D eigenvalue weighted by atomic mass is 32.2. The maximum Gasteiger partial charge on any atom is 0.262 e. The van der Waals surface area contributed by atoms with Gasteiger partial charge in [-0.25, -0.2) is 8.42 Å². The van der Waals surface area contributed by atoms with Gasteiger partial charge in [0.1, 0.15) is 11.5 Å². The number of rotatable bonds is 9. The molecule has 0 saturated heterocycles. The summed E-state index contributed by atoms with van der Waals surface area (Å²) in [4.78, 5) is 13.0. The van der Waals surface area contributed by atoms with E-state index in [9.17, 15) is 13.2 Å². The summed E-state index contributed by atoms with van der Waals surface area (Å²) >= 11 is 0. The van der Waals surface area contributed by atoms with Crippen molar-refractivity contribution in [2.24, 2.45) is 0 Å². The summed E-state index contributed by atoms with van der Waals surface area (Å²) in [6, 6.07) is 14.2. The number of hydrogen-bond donors (Lipinski definition) is 2. The molecule has 0 radical (unpaired) electrons. The number of benzene rings is 3. The molecule has 0 fully saturated rings. The van der Waals surface area contributed by atoms with Crippen LogP contribution in [0.25, 0.3) is 0 Å². The van der Waals surface area contributed by atoms with Gasteiger partial charge in [0.25, 0.3) is 15.9 Å². The minimum absolute atomic E-state index is 0.0281. The van der Waals surface area contributed by atoms with Crippen molar-refractivity contribution in [1.29, 1.82) is 0 Å². The summed E-state index contributed by atoms with van der Waals surface area (Å²) in [5.41, 5.74) is 1.39. The molecule has 2 N–H and O–H groups in total. The predicted octanol–water partition coefficient (Wildman–Crippen LogP) is 4.08. The van der Waals surface area contributed by atoms with Crippen molar-refractivity contribution in [2.75, 3.05) is 38.5 Å². The SMILES string of the molecule is COc1ccc(NS(=O)(=O)c2cc(NC(=O)c3cc(OC)c(OC)cc3OC)ccc2C)cc1. The van der Waals surface area contributed by atoms with Crippen molar-refractivity contribution in [1.82, 2.24) is 0 Å². The van der Waals surface area contributed by atoms with Crippen molar-refractivity contribution in [2.45, 2.75) is 11.8 Å². The second-order valence-corrected chi connectivity index (χ2v) is 8.83. The van der Waals surface area contributed by atoms with E-state index in [0.29, 0.717) is 34.2 Å². The van der Waals surface area contributed by atoms with Gasteiger partial charge in [-0.2, -0.15) is 0 Å². The van der Waals surface area contributed by atoms with Crippen LogP contribution < -0.4 is 29.0 Å². The maximum atomic E-state index is 13.0. The highest BCUT2D eigenvalue weighted by molar-refractivity contribution is 7.92. The van der Waals surface area contributed by atoms with E-state index in [1.807, 2.05) is 0 Å². The largest absolute Gasteiger partial charge is 0.497 e. The summed E-state index contributed by atoms with van der Waals surface area (Å²) in [6.45, 7) is 1.67. The Hall–Kier alpha value is -3.92. The molecular weight excluding hydrogens is 460 g/mol. The van der Waals surface area contributed by atoms with Crippen LogP contribution in [0.2, 0.25) is 0 Å². The van der Waals surface area contributed by atoms with Crippen LogP contribution in [0.3, 0.4) is 0 Å². The molecule has 9 nitrogen and oxygen atoms in total. The first kappa shape index (κ1) is 24.7. The van der Waals surface area contributed by atoms with Crippen LogP contribution in [0, 0.1) is 6.92 Å². The van der Waals surface area contributed by atoms with Gasteiger partial charge in [-0.05, 0) is 48.9 Å². The third-order valence-electron chi connectivity index (χ3n) is 5.03. The number of carbonyl (C=O) groups excluding carboxylic acids is 1. The summed E-state index contributed by atoms with van der Waals surface area (Å²) < 4.78 is 49.5. The highest BCUT2D eigenvalue weighted by Crippen LogP contribution is 2.35. The van der Waals surface area contributed by atoms with Gasteiger partial charge in [-0.3, -0.25) is 9.52 Å². The van der Waals surface area contributed by atoms with Crippen molar-refractivity contribution < 1.29 is 32.2 Å². The second-order valence-electron chi connectivity index (χ2n) is 7.18. The molecule has 3 rings (SSSR count). The molecule has 0 spiro atoms. The Morgan fingerprint density at radius 2 is 1.32 bits per heavy atom. The lowest BCUT2D eigenvalue weighted by Gasteiger charge is -2.15. The Morgan fingerprint density at radius 1 is 0.735 bits per heavy atom. The fourth-order valence-corrected chi connectivity index (χ4v) is 4.57. The smallest absolute Gasteiger partial charge is 0.262 e. The second kappa shape index (κ2) is 10.3. The third kappa shape index (κ3) is 5.34. The fourth-order valence-electron chi connectivity index (χ4n) is 3.24. The van der Waals surface area contributed by atoms with Gasteiger partial charge in [-0.15, -0.1) is 0 Å². The van der Waals surface area contributed by atoms with Crippen LogP contribution in [0.15, 0.2) is 59.5 Å². The molecule has 0 aliphatic heterocycles. The number of aryl methyl sites for hydroxylation is 1. The number of methoxy groups -OCH3 is 4. The Kier molecular flexibility index (Phi) is 7.52. The zero-order valence-electron chi connectivity index (χ0n) is 19.5. The van der Waals surface area contributed by atoms with Gasteiger partial charge < -0.3 is 24.3 Å². The number of amides is 1. The van der Waals surface area contributed by atoms with Crippen LogP contribution in [0.5, 0.6) is 23.0 Å². The average molecular weight is 487 g/mol. The standard InChI is InChI=1S/C24H26N2O7S/c1-15-6-7-17(12-23(15)34(28,29)26-16-8-10-18(30-2)11-9-16)25-24(27)19-13-21(32-4)22(33-5)14-20(19)31-3/h6-14,26H,1-5H3,(H,25,27). The van der Waals surface area contributed by atoms with E-state index < -0.39 is 15.9 Å². The van der Waals surface area contributed by atoms with Crippen molar-refractivity contribution in [3.8, 4) is 23.0 Å². The van der Waals surface area contributed by atoms with E-state index in [0.717, 1.165) is 0 Å². The molecule has 0 unspecified atom stereocenters. The molecular formula is C24H26N2O7S. The molecule has 0 aliphatic rings. The molecule has 0 heterocycles. The van der Waals surface area contributed by atoms with E-state index in [1.54, 1.807) is 43.3 Å². The van der Waals surface area contributed by atoms with Crippen LogP contribution >= 0.6 is 0 Å². The Morgan fingerprint density at radius 3 is 1.91 bits per heavy atom. The summed E-state index contributed by atoms with van der Waals surface area (Å²) in [6.07, 6.45) is 0. The average Bonchev–Trinajstić information content (AvgIpc) is 2.84. The molecule has 180 valence electrons. The van der Waals surface area contributed by atoms with Crippen LogP contribution in [0.4, 0.5) is 11.4 Å². The van der Waals surface area contributed by atoms with E-state index >= 15 is 0 Å². The number of ether oxygens (including phenoxy) is 4. The minimum atomic E-state index is -3.92. The summed E-state index contributed by atoms with van der Waals surface area (Å²) in [5.74, 6) is 1.13. The molecule has 0 bridgehead atoms. The van der Waals surface area contributed by atoms with Crippen LogP contribution in [0.1, 0.15) is 15.9 Å². The molecule has 0 atom stereocenters. The van der Waals surface area contributed by atoms with Crippen LogP contribution in [-0.4, -0.2) is 42.8 Å². The van der Waals surface area contributed by atoms with Crippen molar-refractivity contribution in [3.05, 3.63) is 65.7 Å². The van der Waals surface area contributed by atoms with Gasteiger partial charge in [0, 0.05) is 23.5 Å². The lowest BCUT2D eigenvalue weighted by molar-refractivity contribution is 0.102. The van der Waals surface area contributed by atoms with E-state index in [2.05, 4.69) is 10.0 Å². The normalized spacial score (nSPS) is 10.9. The molecule has 1 amide bonds. The third-order valence-corrected chi connectivity index (χ3v) is 6.55. The quantitative estimate of drug-likeness (QED) is 0.469. The maximum absolute atomic E-state index is 13.0. The van der Waals surface area contributed by atoms with Crippen molar-refractivity contribution >= 4 is 27.3 Å². The predicted molar refractivity (Wildman–Crippen MR) is 129 cm³/mol.